The van der Waals surface area contributed by atoms with Gasteiger partial charge in [-0.25, -0.2) is 0 Å². The van der Waals surface area contributed by atoms with Gasteiger partial charge in [-0.3, -0.25) is 4.79 Å². The summed E-state index contributed by atoms with van der Waals surface area (Å²) in [6, 6.07) is 5.06. The molecule has 0 aromatic heterocycles. The highest BCUT2D eigenvalue weighted by atomic mass is 35.5. The summed E-state index contributed by atoms with van der Waals surface area (Å²) in [7, 11) is 0. The van der Waals surface area contributed by atoms with Gasteiger partial charge in [0.15, 0.2) is 0 Å². The summed E-state index contributed by atoms with van der Waals surface area (Å²) >= 11 is 6.09. The number of nitrogen functional groups attached to an aromatic ring is 1. The van der Waals surface area contributed by atoms with Crippen LogP contribution in [0.1, 0.15) is 37.0 Å². The Morgan fingerprint density at radius 2 is 2.17 bits per heavy atom. The van der Waals surface area contributed by atoms with Crippen LogP contribution in [-0.2, 0) is 0 Å². The third-order valence-corrected chi connectivity index (χ3v) is 3.72. The Bertz CT molecular complexity index is 471. The van der Waals surface area contributed by atoms with Crippen LogP contribution in [0.15, 0.2) is 18.2 Å². The first-order valence-electron chi connectivity index (χ1n) is 6.23. The normalized spacial score (nSPS) is 18.7. The zero-order chi connectivity index (χ0) is 13.3. The van der Waals surface area contributed by atoms with Crippen LogP contribution in [0, 0.1) is 5.41 Å². The SMILES string of the molecule is CC1(C)CCCN(C(=O)c2ccc(N)cc2Cl)C1. The molecule has 2 rings (SSSR count). The lowest BCUT2D eigenvalue weighted by molar-refractivity contribution is 0.0583. The largest absolute Gasteiger partial charge is 0.399 e. The Morgan fingerprint density at radius 1 is 1.44 bits per heavy atom. The minimum absolute atomic E-state index is 0.00720. The number of hydrogen-bond donors (Lipinski definition) is 1. The molecule has 98 valence electrons. The van der Waals surface area contributed by atoms with Gasteiger partial charge in [-0.2, -0.15) is 0 Å². The standard InChI is InChI=1S/C14H19ClN2O/c1-14(2)6-3-7-17(9-14)13(18)11-5-4-10(16)8-12(11)15/h4-5,8H,3,6-7,9,16H2,1-2H3. The van der Waals surface area contributed by atoms with Crippen LogP contribution in [0.2, 0.25) is 5.02 Å². The van der Waals surface area contributed by atoms with Gasteiger partial charge in [0.05, 0.1) is 10.6 Å². The number of hydrogen-bond acceptors (Lipinski definition) is 2. The molecule has 3 nitrogen and oxygen atoms in total. The molecule has 1 aromatic rings. The van der Waals surface area contributed by atoms with Crippen molar-refractivity contribution in [1.82, 2.24) is 4.90 Å². The molecule has 0 saturated carbocycles. The Labute approximate surface area is 113 Å². The van der Waals surface area contributed by atoms with Gasteiger partial charge in [0, 0.05) is 18.8 Å². The van der Waals surface area contributed by atoms with E-state index in [0.717, 1.165) is 25.9 Å². The van der Waals surface area contributed by atoms with Crippen molar-refractivity contribution < 1.29 is 4.79 Å². The molecule has 2 N–H and O–H groups in total. The van der Waals surface area contributed by atoms with Gasteiger partial charge in [-0.15, -0.1) is 0 Å². The van der Waals surface area contributed by atoms with Gasteiger partial charge < -0.3 is 10.6 Å². The van der Waals surface area contributed by atoms with Crippen LogP contribution < -0.4 is 5.73 Å². The van der Waals surface area contributed by atoms with Gasteiger partial charge >= 0.3 is 0 Å². The molecule has 0 spiro atoms. The van der Waals surface area contributed by atoms with Crippen molar-refractivity contribution in [2.24, 2.45) is 5.41 Å². The second kappa shape index (κ2) is 4.81. The predicted molar refractivity (Wildman–Crippen MR) is 74.8 cm³/mol. The molecule has 1 fully saturated rings. The highest BCUT2D eigenvalue weighted by molar-refractivity contribution is 6.34. The monoisotopic (exact) mass is 266 g/mol. The Hall–Kier alpha value is -1.22. The molecule has 1 amide bonds. The maximum absolute atomic E-state index is 12.4. The van der Waals surface area contributed by atoms with Crippen molar-refractivity contribution in [2.75, 3.05) is 18.8 Å². The number of amides is 1. The molecule has 0 atom stereocenters. The number of carbonyl (C=O) groups excluding carboxylic acids is 1. The van der Waals surface area contributed by atoms with Crippen molar-refractivity contribution in [2.45, 2.75) is 26.7 Å². The van der Waals surface area contributed by atoms with Gasteiger partial charge in [0.2, 0.25) is 0 Å². The first kappa shape index (κ1) is 13.2. The molecule has 0 unspecified atom stereocenters. The fourth-order valence-corrected chi connectivity index (χ4v) is 2.74. The summed E-state index contributed by atoms with van der Waals surface area (Å²) in [5, 5.41) is 0.434. The van der Waals surface area contributed by atoms with E-state index in [2.05, 4.69) is 13.8 Å². The molecular weight excluding hydrogens is 248 g/mol. The van der Waals surface area contributed by atoms with E-state index in [1.807, 2.05) is 4.90 Å². The number of nitrogens with two attached hydrogens (primary N) is 1. The second-order valence-corrected chi connectivity index (χ2v) is 6.14. The van der Waals surface area contributed by atoms with E-state index in [0.29, 0.717) is 16.3 Å². The number of nitrogens with zero attached hydrogens (tertiary/aromatic N) is 1. The highest BCUT2D eigenvalue weighted by Crippen LogP contribution is 2.30. The number of likely N-dealkylation sites (tertiary alicyclic amines) is 1. The number of carbonyl (C=O) groups is 1. The third-order valence-electron chi connectivity index (χ3n) is 3.41. The molecule has 0 radical (unpaired) electrons. The quantitative estimate of drug-likeness (QED) is 0.794. The predicted octanol–water partition coefficient (Wildman–Crippen LogP) is 3.18. The van der Waals surface area contributed by atoms with Gasteiger partial charge in [-0.05, 0) is 36.5 Å². The van der Waals surface area contributed by atoms with Crippen molar-refractivity contribution in [3.05, 3.63) is 28.8 Å². The first-order chi connectivity index (χ1) is 8.39. The van der Waals surface area contributed by atoms with Crippen LogP contribution in [0.5, 0.6) is 0 Å². The molecule has 18 heavy (non-hydrogen) atoms. The van der Waals surface area contributed by atoms with E-state index in [4.69, 9.17) is 17.3 Å². The van der Waals surface area contributed by atoms with Crippen LogP contribution in [0.25, 0.3) is 0 Å². The third kappa shape index (κ3) is 2.78. The zero-order valence-corrected chi connectivity index (χ0v) is 11.6. The molecule has 4 heteroatoms. The summed E-state index contributed by atoms with van der Waals surface area (Å²) in [5.41, 5.74) is 6.95. The lowest BCUT2D eigenvalue weighted by Crippen LogP contribution is -2.43. The number of benzene rings is 1. The minimum Gasteiger partial charge on any atom is -0.399 e. The average Bonchev–Trinajstić information content (AvgIpc) is 2.27. The van der Waals surface area contributed by atoms with E-state index in [1.54, 1.807) is 18.2 Å². The summed E-state index contributed by atoms with van der Waals surface area (Å²) < 4.78 is 0. The number of piperidine rings is 1. The van der Waals surface area contributed by atoms with Crippen LogP contribution in [0.3, 0.4) is 0 Å². The van der Waals surface area contributed by atoms with Crippen molar-refractivity contribution in [3.8, 4) is 0 Å². The van der Waals surface area contributed by atoms with E-state index in [9.17, 15) is 4.79 Å². The maximum Gasteiger partial charge on any atom is 0.255 e. The number of halogens is 1. The molecule has 1 aliphatic heterocycles. The van der Waals surface area contributed by atoms with Gasteiger partial charge in [-0.1, -0.05) is 25.4 Å². The van der Waals surface area contributed by atoms with Gasteiger partial charge in [0.1, 0.15) is 0 Å². The zero-order valence-electron chi connectivity index (χ0n) is 10.9. The van der Waals surface area contributed by atoms with Crippen LogP contribution in [0.4, 0.5) is 5.69 Å². The van der Waals surface area contributed by atoms with Crippen molar-refractivity contribution in [1.29, 1.82) is 0 Å². The van der Waals surface area contributed by atoms with E-state index in [1.165, 1.54) is 0 Å². The number of rotatable bonds is 1. The van der Waals surface area contributed by atoms with E-state index < -0.39 is 0 Å². The first-order valence-corrected chi connectivity index (χ1v) is 6.61. The topological polar surface area (TPSA) is 46.3 Å². The lowest BCUT2D eigenvalue weighted by Gasteiger charge is -2.38. The van der Waals surface area contributed by atoms with Crippen molar-refractivity contribution in [3.63, 3.8) is 0 Å². The molecule has 1 saturated heterocycles. The van der Waals surface area contributed by atoms with Gasteiger partial charge in [0.25, 0.3) is 5.91 Å². The smallest absolute Gasteiger partial charge is 0.255 e. The summed E-state index contributed by atoms with van der Waals surface area (Å²) in [6.45, 7) is 5.98. The molecule has 1 aliphatic rings. The summed E-state index contributed by atoms with van der Waals surface area (Å²) in [5.74, 6) is 0.00720. The summed E-state index contributed by atoms with van der Waals surface area (Å²) in [6.07, 6.45) is 2.21. The van der Waals surface area contributed by atoms with Crippen LogP contribution >= 0.6 is 11.6 Å². The Morgan fingerprint density at radius 3 is 2.78 bits per heavy atom. The molecular formula is C14H19ClN2O. The maximum atomic E-state index is 12.4. The van der Waals surface area contributed by atoms with Crippen LogP contribution in [-0.4, -0.2) is 23.9 Å². The van der Waals surface area contributed by atoms with E-state index in [-0.39, 0.29) is 11.3 Å². The minimum atomic E-state index is 0.00720. The number of anilines is 1. The molecule has 0 aliphatic carbocycles. The summed E-state index contributed by atoms with van der Waals surface area (Å²) in [4.78, 5) is 14.3. The average molecular weight is 267 g/mol. The highest BCUT2D eigenvalue weighted by Gasteiger charge is 2.30. The van der Waals surface area contributed by atoms with E-state index >= 15 is 0 Å². The fraction of sp³-hybridized carbons (Fsp3) is 0.500. The lowest BCUT2D eigenvalue weighted by atomic mass is 9.84. The molecule has 1 aromatic carbocycles. The molecule has 1 heterocycles. The Balaban J connectivity index is 2.20. The van der Waals surface area contributed by atoms with Crippen molar-refractivity contribution >= 4 is 23.2 Å². The second-order valence-electron chi connectivity index (χ2n) is 5.73. The molecule has 0 bridgehead atoms. The fourth-order valence-electron chi connectivity index (χ4n) is 2.47. The Kier molecular flexibility index (Phi) is 3.53.